The van der Waals surface area contributed by atoms with E-state index in [1.165, 1.54) is 0 Å². The SMILES string of the molecule is ClCc1cnnn1-c1cccc2cccnc12. The molecule has 5 heteroatoms. The molecule has 17 heavy (non-hydrogen) atoms. The van der Waals surface area contributed by atoms with Gasteiger partial charge in [0.25, 0.3) is 0 Å². The van der Waals surface area contributed by atoms with Crippen LogP contribution in [0.15, 0.2) is 42.7 Å². The summed E-state index contributed by atoms with van der Waals surface area (Å²) in [4.78, 5) is 4.38. The minimum absolute atomic E-state index is 0.371. The zero-order valence-electron chi connectivity index (χ0n) is 8.92. The van der Waals surface area contributed by atoms with E-state index in [0.29, 0.717) is 5.88 Å². The fourth-order valence-corrected chi connectivity index (χ4v) is 1.99. The summed E-state index contributed by atoms with van der Waals surface area (Å²) >= 11 is 5.85. The van der Waals surface area contributed by atoms with Crippen LogP contribution in [0.2, 0.25) is 0 Å². The van der Waals surface area contributed by atoms with Gasteiger partial charge in [-0.25, -0.2) is 4.68 Å². The van der Waals surface area contributed by atoms with Crippen molar-refractivity contribution in [2.45, 2.75) is 5.88 Å². The molecule has 1 aromatic carbocycles. The number of hydrogen-bond donors (Lipinski definition) is 0. The van der Waals surface area contributed by atoms with Crippen molar-refractivity contribution in [2.75, 3.05) is 0 Å². The minimum Gasteiger partial charge on any atom is -0.254 e. The van der Waals surface area contributed by atoms with Gasteiger partial charge in [-0.15, -0.1) is 16.7 Å². The van der Waals surface area contributed by atoms with Crippen LogP contribution in [0.1, 0.15) is 5.69 Å². The molecule has 0 fully saturated rings. The molecule has 0 N–H and O–H groups in total. The lowest BCUT2D eigenvalue weighted by molar-refractivity contribution is 0.784. The van der Waals surface area contributed by atoms with Crippen molar-refractivity contribution >= 4 is 22.5 Å². The minimum atomic E-state index is 0.371. The maximum Gasteiger partial charge on any atom is 0.0959 e. The van der Waals surface area contributed by atoms with Crippen molar-refractivity contribution in [2.24, 2.45) is 0 Å². The Morgan fingerprint density at radius 2 is 2.06 bits per heavy atom. The summed E-state index contributed by atoms with van der Waals surface area (Å²) in [5.41, 5.74) is 2.65. The molecule has 3 rings (SSSR count). The molecule has 0 unspecified atom stereocenters. The average Bonchev–Trinajstić information content (AvgIpc) is 2.86. The van der Waals surface area contributed by atoms with E-state index in [0.717, 1.165) is 22.3 Å². The molecule has 0 radical (unpaired) electrons. The highest BCUT2D eigenvalue weighted by Crippen LogP contribution is 2.20. The smallest absolute Gasteiger partial charge is 0.0959 e. The molecule has 0 bridgehead atoms. The second-order valence-corrected chi connectivity index (χ2v) is 3.89. The first-order valence-corrected chi connectivity index (χ1v) is 5.73. The number of aromatic nitrogens is 4. The summed E-state index contributed by atoms with van der Waals surface area (Å²) < 4.78 is 1.72. The number of hydrogen-bond acceptors (Lipinski definition) is 3. The lowest BCUT2D eigenvalue weighted by Gasteiger charge is -2.06. The van der Waals surface area contributed by atoms with Gasteiger partial charge in [-0.05, 0) is 12.1 Å². The zero-order chi connectivity index (χ0) is 11.7. The van der Waals surface area contributed by atoms with Crippen LogP contribution < -0.4 is 0 Å². The van der Waals surface area contributed by atoms with Gasteiger partial charge in [0, 0.05) is 11.6 Å². The molecule has 0 amide bonds. The average molecular weight is 245 g/mol. The van der Waals surface area contributed by atoms with E-state index in [1.54, 1.807) is 17.1 Å². The summed E-state index contributed by atoms with van der Waals surface area (Å²) in [6.45, 7) is 0. The number of benzene rings is 1. The van der Waals surface area contributed by atoms with Gasteiger partial charge in [-0.1, -0.05) is 23.4 Å². The molecular weight excluding hydrogens is 236 g/mol. The van der Waals surface area contributed by atoms with Crippen molar-refractivity contribution in [1.82, 2.24) is 20.0 Å². The molecule has 0 spiro atoms. The van der Waals surface area contributed by atoms with Gasteiger partial charge in [0.1, 0.15) is 0 Å². The van der Waals surface area contributed by atoms with Crippen LogP contribution in [0.25, 0.3) is 16.6 Å². The molecule has 2 aromatic heterocycles. The third kappa shape index (κ3) is 1.66. The summed E-state index contributed by atoms with van der Waals surface area (Å²) in [5, 5.41) is 9.00. The van der Waals surface area contributed by atoms with Crippen molar-refractivity contribution in [3.8, 4) is 5.69 Å². The highest BCUT2D eigenvalue weighted by Gasteiger charge is 2.08. The van der Waals surface area contributed by atoms with Crippen molar-refractivity contribution in [3.05, 3.63) is 48.4 Å². The lowest BCUT2D eigenvalue weighted by Crippen LogP contribution is -2.02. The van der Waals surface area contributed by atoms with Crippen LogP contribution >= 0.6 is 11.6 Å². The Labute approximate surface area is 103 Å². The Morgan fingerprint density at radius 3 is 2.94 bits per heavy atom. The van der Waals surface area contributed by atoms with E-state index in [2.05, 4.69) is 15.3 Å². The number of rotatable bonds is 2. The molecule has 84 valence electrons. The first-order chi connectivity index (χ1) is 8.40. The van der Waals surface area contributed by atoms with Crippen molar-refractivity contribution < 1.29 is 0 Å². The number of fused-ring (bicyclic) bond motifs is 1. The first kappa shape index (κ1) is 10.2. The number of para-hydroxylation sites is 1. The number of nitrogens with zero attached hydrogens (tertiary/aromatic N) is 4. The van der Waals surface area contributed by atoms with Crippen LogP contribution in [0.5, 0.6) is 0 Å². The van der Waals surface area contributed by atoms with Gasteiger partial charge >= 0.3 is 0 Å². The van der Waals surface area contributed by atoms with Crippen LogP contribution in [0, 0.1) is 0 Å². The van der Waals surface area contributed by atoms with Crippen LogP contribution in [-0.4, -0.2) is 20.0 Å². The monoisotopic (exact) mass is 244 g/mol. The molecule has 2 heterocycles. The maximum absolute atomic E-state index is 5.85. The fraction of sp³-hybridized carbons (Fsp3) is 0.0833. The van der Waals surface area contributed by atoms with E-state index in [9.17, 15) is 0 Å². The molecule has 0 aliphatic heterocycles. The van der Waals surface area contributed by atoms with Crippen LogP contribution in [0.4, 0.5) is 0 Å². The molecule has 4 nitrogen and oxygen atoms in total. The Hall–Kier alpha value is -1.94. The second-order valence-electron chi connectivity index (χ2n) is 3.62. The molecule has 0 aliphatic rings. The highest BCUT2D eigenvalue weighted by molar-refractivity contribution is 6.16. The quantitative estimate of drug-likeness (QED) is 0.651. The Bertz CT molecular complexity index is 657. The predicted octanol–water partition coefficient (Wildman–Crippen LogP) is 2.55. The maximum atomic E-state index is 5.85. The molecule has 0 aliphatic carbocycles. The molecular formula is C12H9ClN4. The van der Waals surface area contributed by atoms with Crippen LogP contribution in [0.3, 0.4) is 0 Å². The van der Waals surface area contributed by atoms with Crippen molar-refractivity contribution in [1.29, 1.82) is 0 Å². The number of alkyl halides is 1. The van der Waals surface area contributed by atoms with E-state index < -0.39 is 0 Å². The molecule has 3 aromatic rings. The zero-order valence-corrected chi connectivity index (χ0v) is 9.67. The fourth-order valence-electron chi connectivity index (χ4n) is 1.81. The normalized spacial score (nSPS) is 10.9. The summed E-state index contributed by atoms with van der Waals surface area (Å²) in [5.74, 6) is 0.371. The number of halogens is 1. The molecule has 0 atom stereocenters. The summed E-state index contributed by atoms with van der Waals surface area (Å²) in [7, 11) is 0. The number of pyridine rings is 1. The Morgan fingerprint density at radius 1 is 1.18 bits per heavy atom. The third-order valence-electron chi connectivity index (χ3n) is 2.60. The van der Waals surface area contributed by atoms with E-state index in [4.69, 9.17) is 11.6 Å². The van der Waals surface area contributed by atoms with Gasteiger partial charge in [-0.2, -0.15) is 0 Å². The molecule has 0 saturated heterocycles. The van der Waals surface area contributed by atoms with Gasteiger partial charge in [-0.3, -0.25) is 4.98 Å². The Kier molecular flexibility index (Phi) is 2.49. The lowest BCUT2D eigenvalue weighted by atomic mass is 10.2. The first-order valence-electron chi connectivity index (χ1n) is 5.20. The van der Waals surface area contributed by atoms with Crippen molar-refractivity contribution in [3.63, 3.8) is 0 Å². The van der Waals surface area contributed by atoms with Gasteiger partial charge in [0.15, 0.2) is 0 Å². The highest BCUT2D eigenvalue weighted by atomic mass is 35.5. The Balaban J connectivity index is 2.31. The van der Waals surface area contributed by atoms with E-state index in [1.807, 2.05) is 30.3 Å². The largest absolute Gasteiger partial charge is 0.254 e. The second kappa shape index (κ2) is 4.14. The van der Waals surface area contributed by atoms with Gasteiger partial charge in [0.05, 0.1) is 29.0 Å². The third-order valence-corrected chi connectivity index (χ3v) is 2.87. The van der Waals surface area contributed by atoms with E-state index in [-0.39, 0.29) is 0 Å². The van der Waals surface area contributed by atoms with Crippen LogP contribution in [-0.2, 0) is 5.88 Å². The standard InChI is InChI=1S/C12H9ClN4/c13-7-10-8-15-16-17(10)11-5-1-3-9-4-2-6-14-12(9)11/h1-6,8H,7H2. The van der Waals surface area contributed by atoms with E-state index >= 15 is 0 Å². The van der Waals surface area contributed by atoms with Gasteiger partial charge < -0.3 is 0 Å². The predicted molar refractivity (Wildman–Crippen MR) is 66.2 cm³/mol. The molecule has 0 saturated carbocycles. The topological polar surface area (TPSA) is 43.6 Å². The summed E-state index contributed by atoms with van der Waals surface area (Å²) in [6, 6.07) is 9.88. The summed E-state index contributed by atoms with van der Waals surface area (Å²) in [6.07, 6.45) is 3.43. The van der Waals surface area contributed by atoms with Gasteiger partial charge in [0.2, 0.25) is 0 Å².